The van der Waals surface area contributed by atoms with E-state index in [-0.39, 0.29) is 17.7 Å². The molecule has 1 aromatic heterocycles. The molecule has 1 unspecified atom stereocenters. The van der Waals surface area contributed by atoms with E-state index in [2.05, 4.69) is 20.8 Å². The Morgan fingerprint density at radius 3 is 2.54 bits per heavy atom. The zero-order chi connectivity index (χ0) is 26.1. The third-order valence-corrected chi connectivity index (χ3v) is 7.26. The van der Waals surface area contributed by atoms with Crippen molar-refractivity contribution in [2.24, 2.45) is 5.92 Å². The van der Waals surface area contributed by atoms with Crippen molar-refractivity contribution in [1.82, 2.24) is 9.88 Å². The van der Waals surface area contributed by atoms with E-state index in [4.69, 9.17) is 11.6 Å². The highest BCUT2D eigenvalue weighted by Crippen LogP contribution is 2.42. The number of urea groups is 1. The molecule has 9 heteroatoms. The average molecular weight is 521 g/mol. The Hall–Kier alpha value is -3.83. The van der Waals surface area contributed by atoms with Gasteiger partial charge in [0.2, 0.25) is 0 Å². The summed E-state index contributed by atoms with van der Waals surface area (Å²) in [4.78, 5) is 26.4. The predicted octanol–water partition coefficient (Wildman–Crippen LogP) is 5.96. The van der Waals surface area contributed by atoms with Crippen molar-refractivity contribution in [3.8, 4) is 34.1 Å². The summed E-state index contributed by atoms with van der Waals surface area (Å²) in [5.74, 6) is 0.465. The Morgan fingerprint density at radius 1 is 1.11 bits per heavy atom. The molecule has 0 spiro atoms. The minimum absolute atomic E-state index is 0.0534. The van der Waals surface area contributed by atoms with Crippen molar-refractivity contribution < 1.29 is 14.3 Å². The number of phenolic OH excluding ortho intramolecular Hbond substituents is 1. The third-order valence-electron chi connectivity index (χ3n) is 6.95. The number of piperidine rings is 1. The number of anilines is 2. The Morgan fingerprint density at radius 2 is 1.86 bits per heavy atom. The number of carbonyl (C=O) groups excluding carboxylic acids is 1. The van der Waals surface area contributed by atoms with Crippen LogP contribution in [-0.2, 0) is 0 Å². The van der Waals surface area contributed by atoms with Crippen LogP contribution in [-0.4, -0.2) is 61.3 Å². The molecule has 2 aromatic carbocycles. The lowest BCUT2D eigenvalue weighted by Crippen LogP contribution is -2.35. The standard InChI is InChI=1S/C28H27ClFN5O2/c1-31-16-18-4-3-9-34(17-18)26-13-20(7-8-32-26)23-15-21(30)14-22(27(23)36)19-5-6-25(24(29)12-19)35-11-10-33(2)28(35)37/h5-8,12-15,18H,3-4,9-11,17H2,1-2H3/p+1. The van der Waals surface area contributed by atoms with Crippen LogP contribution in [0.3, 0.4) is 0 Å². The molecule has 0 aliphatic carbocycles. The molecule has 2 saturated heterocycles. The first kappa shape index (κ1) is 24.8. The van der Waals surface area contributed by atoms with Crippen LogP contribution in [0.2, 0.25) is 5.02 Å². The lowest BCUT2D eigenvalue weighted by Gasteiger charge is -2.29. The summed E-state index contributed by atoms with van der Waals surface area (Å²) in [6.07, 6.45) is 3.71. The Labute approximate surface area is 220 Å². The summed E-state index contributed by atoms with van der Waals surface area (Å²) < 4.78 is 14.8. The van der Waals surface area contributed by atoms with Crippen LogP contribution in [0.15, 0.2) is 48.7 Å². The fourth-order valence-corrected chi connectivity index (χ4v) is 5.32. The van der Waals surface area contributed by atoms with Crippen molar-refractivity contribution in [2.45, 2.75) is 12.8 Å². The Balaban J connectivity index is 1.48. The molecular weight excluding hydrogens is 493 g/mol. The van der Waals surface area contributed by atoms with Crippen molar-refractivity contribution in [3.63, 3.8) is 0 Å². The van der Waals surface area contributed by atoms with Gasteiger partial charge in [-0.05, 0) is 60.4 Å². The summed E-state index contributed by atoms with van der Waals surface area (Å²) >= 11 is 6.55. The van der Waals surface area contributed by atoms with Crippen LogP contribution in [0.25, 0.3) is 27.1 Å². The SMILES string of the molecule is C[N+]#CC1CCCN(c2cc(-c3cc(F)cc(-c4ccc(N5CCN(C)C5=O)c(Cl)c4)c3O)ccn2)C1. The molecule has 2 amide bonds. The number of phenols is 1. The second-order valence-corrected chi connectivity index (χ2v) is 9.82. The van der Waals surface area contributed by atoms with Crippen LogP contribution < -0.4 is 9.80 Å². The maximum absolute atomic E-state index is 14.8. The third kappa shape index (κ3) is 4.92. The number of nitrogens with zero attached hydrogens (tertiary/aromatic N) is 5. The highest BCUT2D eigenvalue weighted by atomic mass is 35.5. The van der Waals surface area contributed by atoms with Crippen molar-refractivity contribution in [1.29, 1.82) is 0 Å². The Kier molecular flexibility index (Phi) is 6.90. The van der Waals surface area contributed by atoms with E-state index in [1.807, 2.05) is 6.07 Å². The highest BCUT2D eigenvalue weighted by Gasteiger charge is 2.28. The normalized spacial score (nSPS) is 17.7. The zero-order valence-electron chi connectivity index (χ0n) is 20.8. The molecule has 0 bridgehead atoms. The second kappa shape index (κ2) is 10.3. The number of hydrogen-bond donors (Lipinski definition) is 1. The first-order valence-electron chi connectivity index (χ1n) is 12.3. The van der Waals surface area contributed by atoms with Gasteiger partial charge in [0.05, 0.1) is 10.7 Å². The van der Waals surface area contributed by atoms with E-state index < -0.39 is 5.82 Å². The minimum Gasteiger partial charge on any atom is -0.507 e. The number of amides is 2. The van der Waals surface area contributed by atoms with Crippen LogP contribution in [0.5, 0.6) is 5.75 Å². The molecule has 5 rings (SSSR count). The number of aromatic nitrogens is 1. The van der Waals surface area contributed by atoms with E-state index in [0.717, 1.165) is 31.7 Å². The van der Waals surface area contributed by atoms with E-state index in [9.17, 15) is 14.3 Å². The van der Waals surface area contributed by atoms with Gasteiger partial charge in [0.1, 0.15) is 23.3 Å². The van der Waals surface area contributed by atoms with Crippen molar-refractivity contribution >= 4 is 29.1 Å². The first-order chi connectivity index (χ1) is 17.9. The van der Waals surface area contributed by atoms with Gasteiger partial charge in [-0.25, -0.2) is 14.2 Å². The van der Waals surface area contributed by atoms with Gasteiger partial charge in [-0.3, -0.25) is 4.90 Å². The number of carbonyl (C=O) groups is 1. The summed E-state index contributed by atoms with van der Waals surface area (Å²) in [6, 6.07) is 14.4. The lowest BCUT2D eigenvalue weighted by molar-refractivity contribution is 0.229. The van der Waals surface area contributed by atoms with Crippen LogP contribution in [0.1, 0.15) is 12.8 Å². The maximum Gasteiger partial charge on any atom is 0.324 e. The number of likely N-dealkylation sites (N-methyl/N-ethyl adjacent to an activating group) is 1. The van der Waals surface area contributed by atoms with E-state index in [1.54, 1.807) is 54.4 Å². The van der Waals surface area contributed by atoms with Gasteiger partial charge >= 0.3 is 6.03 Å². The molecule has 1 N–H and O–H groups in total. The van der Waals surface area contributed by atoms with Gasteiger partial charge in [-0.15, -0.1) is 0 Å². The van der Waals surface area contributed by atoms with E-state index >= 15 is 0 Å². The smallest absolute Gasteiger partial charge is 0.324 e. The van der Waals surface area contributed by atoms with Gasteiger partial charge in [-0.1, -0.05) is 22.5 Å². The molecule has 1 atom stereocenters. The average Bonchev–Trinajstić information content (AvgIpc) is 3.23. The number of rotatable bonds is 4. The number of pyridine rings is 1. The van der Waals surface area contributed by atoms with Gasteiger partial charge in [-0.2, -0.15) is 0 Å². The molecule has 37 heavy (non-hydrogen) atoms. The highest BCUT2D eigenvalue weighted by molar-refractivity contribution is 6.34. The van der Waals surface area contributed by atoms with Gasteiger partial charge in [0, 0.05) is 50.6 Å². The van der Waals surface area contributed by atoms with Gasteiger partial charge in [0.25, 0.3) is 13.1 Å². The van der Waals surface area contributed by atoms with Crippen LogP contribution in [0, 0.1) is 17.8 Å². The largest absolute Gasteiger partial charge is 0.507 e. The molecule has 0 saturated carbocycles. The number of benzene rings is 2. The molecule has 3 heterocycles. The number of aromatic hydroxyl groups is 1. The zero-order valence-corrected chi connectivity index (χ0v) is 21.5. The minimum atomic E-state index is -0.482. The monoisotopic (exact) mass is 520 g/mol. The number of hydrogen-bond acceptors (Lipinski definition) is 4. The molecule has 2 aliphatic rings. The molecule has 0 radical (unpaired) electrons. The molecule has 2 aliphatic heterocycles. The molecule has 2 fully saturated rings. The van der Waals surface area contributed by atoms with E-state index in [0.29, 0.717) is 46.1 Å². The Bertz CT molecular complexity index is 1420. The van der Waals surface area contributed by atoms with Gasteiger partial charge in [0.15, 0.2) is 0 Å². The maximum atomic E-state index is 14.8. The summed E-state index contributed by atoms with van der Waals surface area (Å²) in [5.41, 5.74) is 2.48. The summed E-state index contributed by atoms with van der Waals surface area (Å²) in [5, 5.41) is 11.6. The van der Waals surface area contributed by atoms with Crippen molar-refractivity contribution in [2.75, 3.05) is 50.1 Å². The predicted molar refractivity (Wildman–Crippen MR) is 145 cm³/mol. The summed E-state index contributed by atoms with van der Waals surface area (Å²) in [6.45, 7) is 2.77. The fourth-order valence-electron chi connectivity index (χ4n) is 5.04. The first-order valence-corrected chi connectivity index (χ1v) is 12.6. The topological polar surface area (TPSA) is 64.3 Å². The van der Waals surface area contributed by atoms with Crippen LogP contribution in [0.4, 0.5) is 20.7 Å². The summed E-state index contributed by atoms with van der Waals surface area (Å²) in [7, 11) is 3.47. The lowest BCUT2D eigenvalue weighted by atomic mass is 9.96. The second-order valence-electron chi connectivity index (χ2n) is 9.41. The van der Waals surface area contributed by atoms with E-state index in [1.165, 1.54) is 12.1 Å². The molecule has 7 nitrogen and oxygen atoms in total. The quantitative estimate of drug-likeness (QED) is 0.460. The number of halogens is 2. The van der Waals surface area contributed by atoms with Crippen molar-refractivity contribution in [3.05, 3.63) is 64.3 Å². The fraction of sp³-hybridized carbons (Fsp3) is 0.321. The molecular formula is C28H28ClFN5O2+. The van der Waals surface area contributed by atoms with Gasteiger partial charge < -0.3 is 14.9 Å². The molecule has 3 aromatic rings. The molecule has 190 valence electrons. The van der Waals surface area contributed by atoms with Crippen LogP contribution >= 0.6 is 11.6 Å².